The van der Waals surface area contributed by atoms with Crippen molar-refractivity contribution < 1.29 is 19.4 Å². The lowest BCUT2D eigenvalue weighted by molar-refractivity contribution is -0.394. The van der Waals surface area contributed by atoms with Crippen molar-refractivity contribution in [2.24, 2.45) is 0 Å². The van der Waals surface area contributed by atoms with Crippen molar-refractivity contribution in [3.8, 4) is 5.75 Å². The highest BCUT2D eigenvalue weighted by molar-refractivity contribution is 5.74. The second kappa shape index (κ2) is 6.48. The van der Waals surface area contributed by atoms with Crippen LogP contribution in [0.2, 0.25) is 0 Å². The summed E-state index contributed by atoms with van der Waals surface area (Å²) in [6, 6.07) is 6.44. The Bertz CT molecular complexity index is 711. The zero-order chi connectivity index (χ0) is 16.1. The summed E-state index contributed by atoms with van der Waals surface area (Å²) in [5, 5.41) is 21.5. The minimum Gasteiger partial charge on any atom is -0.419 e. The molecule has 9 nitrogen and oxygen atoms in total. The van der Waals surface area contributed by atoms with Crippen LogP contribution >= 0.6 is 0 Å². The summed E-state index contributed by atoms with van der Waals surface area (Å²) in [6.45, 7) is 0.368. The average molecular weight is 305 g/mol. The first-order chi connectivity index (χ1) is 10.5. The normalized spacial score (nSPS) is 10.2. The maximum Gasteiger partial charge on any atom is 0.318 e. The van der Waals surface area contributed by atoms with E-state index in [1.54, 1.807) is 29.1 Å². The summed E-state index contributed by atoms with van der Waals surface area (Å²) < 4.78 is 6.68. The first-order valence-corrected chi connectivity index (χ1v) is 6.21. The predicted molar refractivity (Wildman–Crippen MR) is 74.4 cm³/mol. The smallest absolute Gasteiger partial charge is 0.318 e. The van der Waals surface area contributed by atoms with Crippen molar-refractivity contribution in [1.29, 1.82) is 0 Å². The molecule has 0 fully saturated rings. The fourth-order valence-corrected chi connectivity index (χ4v) is 1.76. The van der Waals surface area contributed by atoms with Crippen molar-refractivity contribution in [2.45, 2.75) is 13.0 Å². The molecule has 1 aromatic heterocycles. The SMILES string of the molecule is O=C(CCn1cccc1)Oc1ccc([N+](=O)[O-])cc1[N+](=O)[O-]. The van der Waals surface area contributed by atoms with E-state index in [0.717, 1.165) is 18.2 Å². The van der Waals surface area contributed by atoms with Gasteiger partial charge in [0.25, 0.3) is 5.69 Å². The van der Waals surface area contributed by atoms with Gasteiger partial charge in [-0.3, -0.25) is 25.0 Å². The zero-order valence-electron chi connectivity index (χ0n) is 11.2. The molecule has 0 saturated heterocycles. The van der Waals surface area contributed by atoms with E-state index in [9.17, 15) is 25.0 Å². The third-order valence-electron chi connectivity index (χ3n) is 2.81. The Morgan fingerprint density at radius 1 is 1.14 bits per heavy atom. The van der Waals surface area contributed by atoms with Crippen LogP contribution in [0.5, 0.6) is 5.75 Å². The molecule has 0 aliphatic rings. The second-order valence-electron chi connectivity index (χ2n) is 4.31. The van der Waals surface area contributed by atoms with Crippen LogP contribution in [-0.4, -0.2) is 20.4 Å². The lowest BCUT2D eigenvalue weighted by Crippen LogP contribution is -2.12. The maximum atomic E-state index is 11.7. The quantitative estimate of drug-likeness (QED) is 0.350. The number of hydrogen-bond acceptors (Lipinski definition) is 6. The molecule has 0 atom stereocenters. The van der Waals surface area contributed by atoms with Crippen molar-refractivity contribution in [1.82, 2.24) is 4.57 Å². The molecule has 9 heteroatoms. The molecule has 0 aliphatic carbocycles. The van der Waals surface area contributed by atoms with E-state index in [2.05, 4.69) is 0 Å². The van der Waals surface area contributed by atoms with Gasteiger partial charge in [-0.25, -0.2) is 0 Å². The molecule has 1 aromatic carbocycles. The van der Waals surface area contributed by atoms with Gasteiger partial charge in [-0.15, -0.1) is 0 Å². The number of carbonyl (C=O) groups is 1. The number of non-ortho nitro benzene ring substituents is 1. The number of nitro groups is 2. The van der Waals surface area contributed by atoms with Gasteiger partial charge in [0.15, 0.2) is 0 Å². The van der Waals surface area contributed by atoms with E-state index in [4.69, 9.17) is 4.74 Å². The molecule has 0 spiro atoms. The Balaban J connectivity index is 2.09. The number of nitrogens with zero attached hydrogens (tertiary/aromatic N) is 3. The summed E-state index contributed by atoms with van der Waals surface area (Å²) in [5.41, 5.74) is -1.07. The molecular weight excluding hydrogens is 294 g/mol. The first-order valence-electron chi connectivity index (χ1n) is 6.21. The van der Waals surface area contributed by atoms with Crippen molar-refractivity contribution in [3.05, 3.63) is 63.0 Å². The molecule has 22 heavy (non-hydrogen) atoms. The number of aryl methyl sites for hydroxylation is 1. The van der Waals surface area contributed by atoms with Crippen LogP contribution in [0.4, 0.5) is 11.4 Å². The van der Waals surface area contributed by atoms with E-state index < -0.39 is 27.2 Å². The third-order valence-corrected chi connectivity index (χ3v) is 2.81. The summed E-state index contributed by atoms with van der Waals surface area (Å²) >= 11 is 0. The van der Waals surface area contributed by atoms with Crippen molar-refractivity contribution in [2.75, 3.05) is 0 Å². The van der Waals surface area contributed by atoms with Gasteiger partial charge in [-0.05, 0) is 18.2 Å². The van der Waals surface area contributed by atoms with Gasteiger partial charge < -0.3 is 9.30 Å². The zero-order valence-corrected chi connectivity index (χ0v) is 11.2. The van der Waals surface area contributed by atoms with E-state index in [-0.39, 0.29) is 12.2 Å². The molecule has 114 valence electrons. The first kappa shape index (κ1) is 15.2. The number of aromatic nitrogens is 1. The summed E-state index contributed by atoms with van der Waals surface area (Å²) in [6.07, 6.45) is 3.55. The largest absolute Gasteiger partial charge is 0.419 e. The Morgan fingerprint density at radius 2 is 1.82 bits per heavy atom. The summed E-state index contributed by atoms with van der Waals surface area (Å²) in [4.78, 5) is 31.6. The molecule has 0 bridgehead atoms. The Morgan fingerprint density at radius 3 is 2.41 bits per heavy atom. The lowest BCUT2D eigenvalue weighted by Gasteiger charge is -2.05. The van der Waals surface area contributed by atoms with Gasteiger partial charge in [0, 0.05) is 25.0 Å². The number of nitro benzene ring substituents is 2. The van der Waals surface area contributed by atoms with Gasteiger partial charge in [0.2, 0.25) is 5.75 Å². The van der Waals surface area contributed by atoms with E-state index in [0.29, 0.717) is 6.54 Å². The standard InChI is InChI=1S/C13H11N3O6/c17-13(5-8-14-6-1-2-7-14)22-12-4-3-10(15(18)19)9-11(12)16(20)21/h1-4,6-7,9H,5,8H2. The number of carbonyl (C=O) groups excluding carboxylic acids is 1. The third kappa shape index (κ3) is 3.66. The van der Waals surface area contributed by atoms with Crippen LogP contribution in [0.25, 0.3) is 0 Å². The Kier molecular flexibility index (Phi) is 4.47. The fraction of sp³-hybridized carbons (Fsp3) is 0.154. The molecule has 0 saturated carbocycles. The van der Waals surface area contributed by atoms with Crippen LogP contribution in [0.3, 0.4) is 0 Å². The number of ether oxygens (including phenoxy) is 1. The minimum absolute atomic E-state index is 0.0167. The highest BCUT2D eigenvalue weighted by Crippen LogP contribution is 2.31. The van der Waals surface area contributed by atoms with Crippen LogP contribution < -0.4 is 4.74 Å². The number of esters is 1. The predicted octanol–water partition coefficient (Wildman–Crippen LogP) is 2.30. The molecule has 1 heterocycles. The molecule has 0 radical (unpaired) electrons. The highest BCUT2D eigenvalue weighted by Gasteiger charge is 2.22. The number of benzene rings is 1. The molecular formula is C13H11N3O6. The second-order valence-corrected chi connectivity index (χ2v) is 4.31. The monoisotopic (exact) mass is 305 g/mol. The number of rotatable bonds is 6. The number of hydrogen-bond donors (Lipinski definition) is 0. The summed E-state index contributed by atoms with van der Waals surface area (Å²) in [5.74, 6) is -0.973. The van der Waals surface area contributed by atoms with Crippen LogP contribution in [0.1, 0.15) is 6.42 Å². The highest BCUT2D eigenvalue weighted by atomic mass is 16.6. The van der Waals surface area contributed by atoms with Crippen LogP contribution in [0, 0.1) is 20.2 Å². The minimum atomic E-state index is -0.832. The van der Waals surface area contributed by atoms with Gasteiger partial charge in [-0.1, -0.05) is 0 Å². The Labute approximate surface area is 124 Å². The molecule has 0 amide bonds. The topological polar surface area (TPSA) is 118 Å². The molecule has 0 aliphatic heterocycles. The van der Waals surface area contributed by atoms with Crippen molar-refractivity contribution in [3.63, 3.8) is 0 Å². The van der Waals surface area contributed by atoms with Gasteiger partial charge in [-0.2, -0.15) is 0 Å². The van der Waals surface area contributed by atoms with Gasteiger partial charge >= 0.3 is 11.7 Å². The average Bonchev–Trinajstić information content (AvgIpc) is 2.98. The summed E-state index contributed by atoms with van der Waals surface area (Å²) in [7, 11) is 0. The van der Waals surface area contributed by atoms with Gasteiger partial charge in [0.05, 0.1) is 22.3 Å². The molecule has 2 rings (SSSR count). The van der Waals surface area contributed by atoms with E-state index in [1.807, 2.05) is 0 Å². The molecule has 0 N–H and O–H groups in total. The fourth-order valence-electron chi connectivity index (χ4n) is 1.76. The molecule has 2 aromatic rings. The van der Waals surface area contributed by atoms with Crippen LogP contribution in [0.15, 0.2) is 42.7 Å². The molecule has 0 unspecified atom stereocenters. The van der Waals surface area contributed by atoms with Gasteiger partial charge in [0.1, 0.15) is 0 Å². The van der Waals surface area contributed by atoms with E-state index in [1.165, 1.54) is 0 Å². The van der Waals surface area contributed by atoms with Crippen molar-refractivity contribution >= 4 is 17.3 Å². The lowest BCUT2D eigenvalue weighted by atomic mass is 10.2. The maximum absolute atomic E-state index is 11.7. The van der Waals surface area contributed by atoms with E-state index >= 15 is 0 Å². The van der Waals surface area contributed by atoms with Crippen LogP contribution in [-0.2, 0) is 11.3 Å². The Hall–Kier alpha value is -3.23.